The van der Waals surface area contributed by atoms with Crippen LogP contribution in [-0.4, -0.2) is 29.9 Å². The highest BCUT2D eigenvalue weighted by molar-refractivity contribution is 6.30. The minimum Gasteiger partial charge on any atom is -0.310 e. The van der Waals surface area contributed by atoms with Crippen LogP contribution >= 0.6 is 11.6 Å². The zero-order valence-electron chi connectivity index (χ0n) is 13.5. The molecule has 0 N–H and O–H groups in total. The quantitative estimate of drug-likeness (QED) is 0.853. The first-order chi connectivity index (χ1) is 11.0. The molecule has 1 atom stereocenters. The van der Waals surface area contributed by atoms with Crippen LogP contribution in [-0.2, 0) is 11.3 Å². The van der Waals surface area contributed by atoms with Crippen molar-refractivity contribution < 1.29 is 4.79 Å². The molecule has 4 heteroatoms. The lowest BCUT2D eigenvalue weighted by Gasteiger charge is -2.39. The van der Waals surface area contributed by atoms with Crippen molar-refractivity contribution in [2.75, 3.05) is 18.0 Å². The molecule has 3 rings (SSSR count). The van der Waals surface area contributed by atoms with E-state index in [2.05, 4.69) is 36.1 Å². The molecule has 120 valence electrons. The Hall–Kier alpha value is -1.84. The van der Waals surface area contributed by atoms with Gasteiger partial charge < -0.3 is 4.90 Å². The monoisotopic (exact) mass is 328 g/mol. The number of carbonyl (C=O) groups is 1. The maximum Gasteiger partial charge on any atom is 0.244 e. The van der Waals surface area contributed by atoms with Crippen molar-refractivity contribution in [3.05, 3.63) is 64.7 Å². The lowest BCUT2D eigenvalue weighted by atomic mass is 10.1. The molecule has 1 amide bonds. The molecule has 1 fully saturated rings. The van der Waals surface area contributed by atoms with Crippen molar-refractivity contribution >= 4 is 23.2 Å². The predicted octanol–water partition coefficient (Wildman–Crippen LogP) is 3.89. The molecule has 2 aromatic carbocycles. The fourth-order valence-corrected chi connectivity index (χ4v) is 3.26. The molecule has 1 aliphatic rings. The smallest absolute Gasteiger partial charge is 0.244 e. The second-order valence-corrected chi connectivity index (χ2v) is 6.54. The summed E-state index contributed by atoms with van der Waals surface area (Å²) in [6.45, 7) is 6.42. The van der Waals surface area contributed by atoms with Crippen LogP contribution in [0.4, 0.5) is 5.69 Å². The highest BCUT2D eigenvalue weighted by atomic mass is 35.5. The number of amides is 1. The molecule has 1 saturated heterocycles. The van der Waals surface area contributed by atoms with Crippen LogP contribution < -0.4 is 4.90 Å². The Labute approximate surface area is 142 Å². The summed E-state index contributed by atoms with van der Waals surface area (Å²) in [5, 5.41) is 0.658. The molecule has 0 bridgehead atoms. The van der Waals surface area contributed by atoms with E-state index in [1.807, 2.05) is 36.1 Å². The maximum absolute atomic E-state index is 12.7. The van der Waals surface area contributed by atoms with Crippen LogP contribution in [0.5, 0.6) is 0 Å². The number of anilines is 1. The zero-order valence-corrected chi connectivity index (χ0v) is 14.3. The van der Waals surface area contributed by atoms with Gasteiger partial charge in [-0.1, -0.05) is 47.5 Å². The SMILES string of the molecule is Cc1cccc(CN2CCN(c3cccc(Cl)c3)C(=O)C2C)c1. The third-order valence-electron chi connectivity index (χ3n) is 4.37. The largest absolute Gasteiger partial charge is 0.310 e. The number of rotatable bonds is 3. The summed E-state index contributed by atoms with van der Waals surface area (Å²) >= 11 is 6.05. The predicted molar refractivity (Wildman–Crippen MR) is 94.9 cm³/mol. The Kier molecular flexibility index (Phi) is 4.69. The summed E-state index contributed by atoms with van der Waals surface area (Å²) in [7, 11) is 0. The number of aryl methyl sites for hydroxylation is 1. The van der Waals surface area contributed by atoms with E-state index in [1.54, 1.807) is 0 Å². The van der Waals surface area contributed by atoms with Crippen LogP contribution in [0.2, 0.25) is 5.02 Å². The summed E-state index contributed by atoms with van der Waals surface area (Å²) in [5.41, 5.74) is 3.38. The summed E-state index contributed by atoms with van der Waals surface area (Å²) in [6, 6.07) is 15.8. The van der Waals surface area contributed by atoms with Crippen LogP contribution in [0.15, 0.2) is 48.5 Å². The normalized spacial score (nSPS) is 19.2. The molecule has 0 spiro atoms. The first-order valence-corrected chi connectivity index (χ1v) is 8.29. The van der Waals surface area contributed by atoms with Gasteiger partial charge in [-0.05, 0) is 37.6 Å². The average molecular weight is 329 g/mol. The Morgan fingerprint density at radius 2 is 1.91 bits per heavy atom. The lowest BCUT2D eigenvalue weighted by molar-refractivity contribution is -0.125. The number of nitrogens with zero attached hydrogens (tertiary/aromatic N) is 2. The lowest BCUT2D eigenvalue weighted by Crippen LogP contribution is -2.55. The van der Waals surface area contributed by atoms with Crippen LogP contribution in [0, 0.1) is 6.92 Å². The van der Waals surface area contributed by atoms with E-state index in [0.717, 1.165) is 18.8 Å². The number of hydrogen-bond acceptors (Lipinski definition) is 2. The van der Waals surface area contributed by atoms with E-state index >= 15 is 0 Å². The second kappa shape index (κ2) is 6.73. The summed E-state index contributed by atoms with van der Waals surface area (Å²) in [5.74, 6) is 0.131. The molecule has 0 radical (unpaired) electrons. The van der Waals surface area contributed by atoms with E-state index < -0.39 is 0 Å². The number of halogens is 1. The van der Waals surface area contributed by atoms with Gasteiger partial charge in [0.15, 0.2) is 0 Å². The van der Waals surface area contributed by atoms with Crippen molar-refractivity contribution in [2.45, 2.75) is 26.4 Å². The third-order valence-corrected chi connectivity index (χ3v) is 4.61. The van der Waals surface area contributed by atoms with Gasteiger partial charge in [0.1, 0.15) is 0 Å². The minimum atomic E-state index is -0.136. The van der Waals surface area contributed by atoms with Gasteiger partial charge in [-0.3, -0.25) is 9.69 Å². The molecule has 3 nitrogen and oxygen atoms in total. The molecule has 23 heavy (non-hydrogen) atoms. The van der Waals surface area contributed by atoms with Gasteiger partial charge in [-0.2, -0.15) is 0 Å². The van der Waals surface area contributed by atoms with Crippen molar-refractivity contribution in [3.8, 4) is 0 Å². The minimum absolute atomic E-state index is 0.131. The number of carbonyl (C=O) groups excluding carboxylic acids is 1. The topological polar surface area (TPSA) is 23.6 Å². The fraction of sp³-hybridized carbons (Fsp3) is 0.316. The van der Waals surface area contributed by atoms with Gasteiger partial charge in [-0.25, -0.2) is 0 Å². The van der Waals surface area contributed by atoms with Crippen molar-refractivity contribution in [1.29, 1.82) is 0 Å². The fourth-order valence-electron chi connectivity index (χ4n) is 3.08. The van der Waals surface area contributed by atoms with E-state index in [4.69, 9.17) is 11.6 Å². The van der Waals surface area contributed by atoms with Crippen molar-refractivity contribution in [1.82, 2.24) is 4.90 Å². The Morgan fingerprint density at radius 1 is 1.13 bits per heavy atom. The van der Waals surface area contributed by atoms with Crippen LogP contribution in [0.1, 0.15) is 18.1 Å². The molecule has 0 aromatic heterocycles. The van der Waals surface area contributed by atoms with Crippen LogP contribution in [0.25, 0.3) is 0 Å². The van der Waals surface area contributed by atoms with Gasteiger partial charge in [0, 0.05) is 30.3 Å². The summed E-state index contributed by atoms with van der Waals surface area (Å²) < 4.78 is 0. The third kappa shape index (κ3) is 3.57. The van der Waals surface area contributed by atoms with Crippen LogP contribution in [0.3, 0.4) is 0 Å². The van der Waals surface area contributed by atoms with E-state index in [0.29, 0.717) is 11.6 Å². The summed E-state index contributed by atoms with van der Waals surface area (Å²) in [6.07, 6.45) is 0. The van der Waals surface area contributed by atoms with E-state index in [-0.39, 0.29) is 11.9 Å². The van der Waals surface area contributed by atoms with Crippen molar-refractivity contribution in [2.24, 2.45) is 0 Å². The average Bonchev–Trinajstić information content (AvgIpc) is 2.52. The Bertz CT molecular complexity index is 716. The molecule has 1 unspecified atom stereocenters. The molecule has 0 saturated carbocycles. The number of hydrogen-bond donors (Lipinski definition) is 0. The van der Waals surface area contributed by atoms with E-state index in [9.17, 15) is 4.79 Å². The first kappa shape index (κ1) is 16.0. The number of piperazine rings is 1. The maximum atomic E-state index is 12.7. The standard InChI is InChI=1S/C19H21ClN2O/c1-14-5-3-6-16(11-14)13-21-9-10-22(19(23)15(21)2)18-8-4-7-17(20)12-18/h3-8,11-12,15H,9-10,13H2,1-2H3. The Balaban J connectivity index is 1.73. The molecular weight excluding hydrogens is 308 g/mol. The van der Waals surface area contributed by atoms with Gasteiger partial charge in [-0.15, -0.1) is 0 Å². The molecule has 2 aromatic rings. The molecule has 1 heterocycles. The molecular formula is C19H21ClN2O. The van der Waals surface area contributed by atoms with Gasteiger partial charge in [0.25, 0.3) is 0 Å². The summed E-state index contributed by atoms with van der Waals surface area (Å²) in [4.78, 5) is 16.8. The zero-order chi connectivity index (χ0) is 16.4. The highest BCUT2D eigenvalue weighted by Crippen LogP contribution is 2.24. The van der Waals surface area contributed by atoms with Crippen molar-refractivity contribution in [3.63, 3.8) is 0 Å². The van der Waals surface area contributed by atoms with Gasteiger partial charge in [0.2, 0.25) is 5.91 Å². The number of benzene rings is 2. The Morgan fingerprint density at radius 3 is 2.65 bits per heavy atom. The highest BCUT2D eigenvalue weighted by Gasteiger charge is 2.32. The molecule has 1 aliphatic heterocycles. The van der Waals surface area contributed by atoms with Gasteiger partial charge in [0.05, 0.1) is 6.04 Å². The second-order valence-electron chi connectivity index (χ2n) is 6.11. The van der Waals surface area contributed by atoms with Gasteiger partial charge >= 0.3 is 0 Å². The molecule has 0 aliphatic carbocycles. The first-order valence-electron chi connectivity index (χ1n) is 7.91. The van der Waals surface area contributed by atoms with E-state index in [1.165, 1.54) is 11.1 Å².